The van der Waals surface area contributed by atoms with E-state index in [9.17, 15) is 4.39 Å². The van der Waals surface area contributed by atoms with Crippen LogP contribution in [0, 0.1) is 11.2 Å². The van der Waals surface area contributed by atoms with Crippen molar-refractivity contribution < 1.29 is 23.1 Å². The third-order valence-corrected chi connectivity index (χ3v) is 8.67. The number of halogens is 1. The summed E-state index contributed by atoms with van der Waals surface area (Å²) in [4.78, 5) is 8.80. The maximum Gasteiger partial charge on any atom is 0.266 e. The van der Waals surface area contributed by atoms with Crippen LogP contribution in [-0.2, 0) is 9.47 Å². The van der Waals surface area contributed by atoms with Crippen molar-refractivity contribution in [3.8, 4) is 5.75 Å². The van der Waals surface area contributed by atoms with Crippen LogP contribution in [0.25, 0.3) is 0 Å². The number of hydrogen-bond donors (Lipinski definition) is 0. The molecule has 0 radical (unpaired) electrons. The highest BCUT2D eigenvalue weighted by Crippen LogP contribution is 2.49. The first-order valence-electron chi connectivity index (χ1n) is 12.5. The summed E-state index contributed by atoms with van der Waals surface area (Å²) in [7, 11) is 0. The lowest BCUT2D eigenvalue weighted by molar-refractivity contribution is -0.191. The minimum absolute atomic E-state index is 0.0860. The quantitative estimate of drug-likeness (QED) is 0.661. The van der Waals surface area contributed by atoms with Crippen molar-refractivity contribution in [1.29, 1.82) is 0 Å². The average Bonchev–Trinajstić information content (AvgIpc) is 3.45. The lowest BCUT2D eigenvalue weighted by atomic mass is 9.65. The van der Waals surface area contributed by atoms with E-state index in [4.69, 9.17) is 18.7 Å². The van der Waals surface area contributed by atoms with Gasteiger partial charge in [-0.1, -0.05) is 0 Å². The second kappa shape index (κ2) is 7.90. The van der Waals surface area contributed by atoms with Gasteiger partial charge in [-0.3, -0.25) is 4.90 Å². The van der Waals surface area contributed by atoms with E-state index in [1.54, 1.807) is 6.07 Å². The molecule has 8 nitrogen and oxygen atoms in total. The minimum Gasteiger partial charge on any atom is -0.490 e. The Balaban J connectivity index is 0.950. The van der Waals surface area contributed by atoms with Gasteiger partial charge in [-0.15, -0.1) is 0 Å². The molecule has 7 rings (SSSR count). The number of aromatic nitrogens is 2. The van der Waals surface area contributed by atoms with Gasteiger partial charge in [0.15, 0.2) is 0 Å². The molecule has 1 aromatic carbocycles. The molecule has 5 fully saturated rings. The van der Waals surface area contributed by atoms with Crippen LogP contribution in [0.15, 0.2) is 29.1 Å². The summed E-state index contributed by atoms with van der Waals surface area (Å²) in [5.74, 6) is 1.67. The van der Waals surface area contributed by atoms with Crippen LogP contribution < -0.4 is 9.64 Å². The molecule has 5 heterocycles. The summed E-state index contributed by atoms with van der Waals surface area (Å²) in [5.41, 5.74) is 1.32. The fourth-order valence-electron chi connectivity index (χ4n) is 6.69. The Labute approximate surface area is 198 Å². The number of benzene rings is 1. The van der Waals surface area contributed by atoms with Gasteiger partial charge in [0.1, 0.15) is 23.3 Å². The van der Waals surface area contributed by atoms with E-state index < -0.39 is 0 Å². The number of nitrogens with zero attached hydrogens (tertiary/aromatic N) is 4. The fraction of sp³-hybridized carbons (Fsp3) is 0.680. The number of hydrogen-bond acceptors (Lipinski definition) is 8. The normalized spacial score (nSPS) is 28.6. The van der Waals surface area contributed by atoms with E-state index in [2.05, 4.69) is 19.9 Å². The molecule has 0 N–H and O–H groups in total. The molecule has 1 aromatic heterocycles. The van der Waals surface area contributed by atoms with Gasteiger partial charge in [-0.25, -0.2) is 4.39 Å². The van der Waals surface area contributed by atoms with E-state index >= 15 is 0 Å². The zero-order chi connectivity index (χ0) is 22.8. The number of likely N-dealkylation sites (tertiary alicyclic amines) is 1. The van der Waals surface area contributed by atoms with Gasteiger partial charge in [0, 0.05) is 17.0 Å². The van der Waals surface area contributed by atoms with Crippen molar-refractivity contribution in [2.45, 2.75) is 55.8 Å². The standard InChI is InChI=1S/C25H31FN4O4/c26-18-1-2-22(34-20-9-24(10-20)14-31-15-24)21(7-18)17-3-5-29(6-4-17)19-8-25(32-11-19)12-30(13-25)23-27-16-33-28-23/h1-2,7,16-17,19-20H,3-6,8-15H2. The van der Waals surface area contributed by atoms with Crippen LogP contribution in [0.2, 0.25) is 0 Å². The van der Waals surface area contributed by atoms with Crippen LogP contribution in [0.1, 0.15) is 43.6 Å². The molecule has 9 heteroatoms. The Hall–Kier alpha value is -2.23. The molecule has 0 amide bonds. The Morgan fingerprint density at radius 1 is 1.09 bits per heavy atom. The van der Waals surface area contributed by atoms with Gasteiger partial charge in [-0.05, 0) is 74.5 Å². The van der Waals surface area contributed by atoms with Crippen LogP contribution in [0.3, 0.4) is 0 Å². The smallest absolute Gasteiger partial charge is 0.266 e. The first-order valence-corrected chi connectivity index (χ1v) is 12.5. The molecular formula is C25H31FN4O4. The van der Waals surface area contributed by atoms with Crippen LogP contribution in [0.5, 0.6) is 5.75 Å². The Morgan fingerprint density at radius 3 is 2.62 bits per heavy atom. The van der Waals surface area contributed by atoms with Crippen molar-refractivity contribution in [2.24, 2.45) is 5.41 Å². The molecule has 34 heavy (non-hydrogen) atoms. The first kappa shape index (κ1) is 21.1. The maximum atomic E-state index is 14.2. The van der Waals surface area contributed by atoms with Gasteiger partial charge >= 0.3 is 0 Å². The van der Waals surface area contributed by atoms with Crippen LogP contribution in [-0.4, -0.2) is 78.8 Å². The predicted molar refractivity (Wildman–Crippen MR) is 120 cm³/mol. The summed E-state index contributed by atoms with van der Waals surface area (Å²) in [5, 5.41) is 3.92. The van der Waals surface area contributed by atoms with Crippen LogP contribution in [0.4, 0.5) is 10.3 Å². The first-order chi connectivity index (χ1) is 16.6. The van der Waals surface area contributed by atoms with Crippen molar-refractivity contribution in [2.75, 3.05) is 50.9 Å². The fourth-order valence-corrected chi connectivity index (χ4v) is 6.69. The molecule has 0 bridgehead atoms. The van der Waals surface area contributed by atoms with Crippen molar-refractivity contribution in [1.82, 2.24) is 15.0 Å². The molecule has 1 saturated carbocycles. The molecule has 2 spiro atoms. The van der Waals surface area contributed by atoms with Crippen molar-refractivity contribution >= 4 is 5.95 Å². The van der Waals surface area contributed by atoms with Gasteiger partial charge < -0.3 is 23.6 Å². The lowest BCUT2D eigenvalue weighted by Crippen LogP contribution is -2.62. The van der Waals surface area contributed by atoms with Gasteiger partial charge in [-0.2, -0.15) is 4.98 Å². The average molecular weight is 471 g/mol. The molecule has 1 aliphatic carbocycles. The van der Waals surface area contributed by atoms with E-state index in [1.807, 2.05) is 6.07 Å². The van der Waals surface area contributed by atoms with E-state index in [0.717, 1.165) is 89.4 Å². The zero-order valence-electron chi connectivity index (χ0n) is 19.3. The Bertz CT molecular complexity index is 1020. The molecule has 5 aliphatic rings. The second-order valence-corrected chi connectivity index (χ2v) is 11.1. The van der Waals surface area contributed by atoms with Crippen LogP contribution >= 0.6 is 0 Å². The summed E-state index contributed by atoms with van der Waals surface area (Å²) >= 11 is 0. The minimum atomic E-state index is -0.176. The number of rotatable bonds is 5. The zero-order valence-corrected chi connectivity index (χ0v) is 19.3. The van der Waals surface area contributed by atoms with E-state index in [1.165, 1.54) is 12.5 Å². The summed E-state index contributed by atoms with van der Waals surface area (Å²) in [6.45, 7) is 6.14. The monoisotopic (exact) mass is 470 g/mol. The SMILES string of the molecule is Fc1ccc(OC2CC3(COC3)C2)c(C2CCN(C3COC4(C3)CN(c3ncon3)C4)CC2)c1. The molecule has 2 aromatic rings. The molecule has 1 unspecified atom stereocenters. The molecule has 4 saturated heterocycles. The van der Waals surface area contributed by atoms with Crippen molar-refractivity contribution in [3.05, 3.63) is 36.0 Å². The number of anilines is 1. The molecule has 182 valence electrons. The lowest BCUT2D eigenvalue weighted by Gasteiger charge is -2.52. The highest BCUT2D eigenvalue weighted by molar-refractivity contribution is 5.38. The maximum absolute atomic E-state index is 14.2. The van der Waals surface area contributed by atoms with Gasteiger partial charge in [0.05, 0.1) is 32.9 Å². The second-order valence-electron chi connectivity index (χ2n) is 11.1. The third-order valence-electron chi connectivity index (χ3n) is 8.67. The molecule has 4 aliphatic heterocycles. The van der Waals surface area contributed by atoms with Gasteiger partial charge in [0.25, 0.3) is 5.95 Å². The van der Waals surface area contributed by atoms with E-state index in [0.29, 0.717) is 23.3 Å². The predicted octanol–water partition coefficient (Wildman–Crippen LogP) is 2.99. The topological polar surface area (TPSA) is 73.1 Å². The van der Waals surface area contributed by atoms with Gasteiger partial charge in [0.2, 0.25) is 6.39 Å². The highest BCUT2D eigenvalue weighted by Gasteiger charge is 2.53. The molecular weight excluding hydrogens is 439 g/mol. The summed E-state index contributed by atoms with van der Waals surface area (Å²) in [6, 6.07) is 5.50. The summed E-state index contributed by atoms with van der Waals surface area (Å²) < 4.78 is 37.1. The Morgan fingerprint density at radius 2 is 1.91 bits per heavy atom. The number of piperidine rings is 1. The highest BCUT2D eigenvalue weighted by atomic mass is 19.1. The third kappa shape index (κ3) is 3.60. The summed E-state index contributed by atoms with van der Waals surface area (Å²) in [6.07, 6.45) is 6.76. The Kier molecular flexibility index (Phi) is 4.90. The molecule has 1 atom stereocenters. The van der Waals surface area contributed by atoms with Crippen molar-refractivity contribution in [3.63, 3.8) is 0 Å². The number of ether oxygens (including phenoxy) is 3. The van der Waals surface area contributed by atoms with E-state index in [-0.39, 0.29) is 17.5 Å². The largest absolute Gasteiger partial charge is 0.490 e.